The van der Waals surface area contributed by atoms with Crippen LogP contribution in [0.4, 0.5) is 17.7 Å². The maximum absolute atomic E-state index is 4.60. The second-order valence-electron chi connectivity index (χ2n) is 7.12. The maximum atomic E-state index is 4.60. The highest BCUT2D eigenvalue weighted by molar-refractivity contribution is 5.41. The summed E-state index contributed by atoms with van der Waals surface area (Å²) >= 11 is 0. The number of anilines is 3. The molecule has 0 aliphatic carbocycles. The SMILES string of the molecule is CCNc1ccnc(N2CCN(Cc3cnc(N4CCCC4)nc3)CC2)n1. The number of nitrogens with zero attached hydrogens (tertiary/aromatic N) is 7. The van der Waals surface area contributed by atoms with Crippen molar-refractivity contribution in [3.8, 4) is 0 Å². The average molecular weight is 368 g/mol. The summed E-state index contributed by atoms with van der Waals surface area (Å²) in [5.41, 5.74) is 1.18. The van der Waals surface area contributed by atoms with Crippen molar-refractivity contribution in [1.29, 1.82) is 0 Å². The molecular formula is C19H28N8. The van der Waals surface area contributed by atoms with E-state index in [9.17, 15) is 0 Å². The van der Waals surface area contributed by atoms with E-state index in [0.717, 1.165) is 70.1 Å². The fourth-order valence-electron chi connectivity index (χ4n) is 3.65. The van der Waals surface area contributed by atoms with Crippen LogP contribution < -0.4 is 15.1 Å². The average Bonchev–Trinajstić information content (AvgIpc) is 3.25. The third kappa shape index (κ3) is 4.44. The summed E-state index contributed by atoms with van der Waals surface area (Å²) in [7, 11) is 0. The number of hydrogen-bond acceptors (Lipinski definition) is 8. The molecule has 0 radical (unpaired) electrons. The van der Waals surface area contributed by atoms with Gasteiger partial charge in [-0.3, -0.25) is 4.90 Å². The molecule has 0 unspecified atom stereocenters. The molecule has 2 aliphatic heterocycles. The monoisotopic (exact) mass is 368 g/mol. The van der Waals surface area contributed by atoms with Crippen LogP contribution in [0.1, 0.15) is 25.3 Å². The van der Waals surface area contributed by atoms with Gasteiger partial charge in [0, 0.05) is 76.5 Å². The molecule has 2 saturated heterocycles. The molecule has 0 bridgehead atoms. The van der Waals surface area contributed by atoms with Gasteiger partial charge in [-0.15, -0.1) is 0 Å². The lowest BCUT2D eigenvalue weighted by molar-refractivity contribution is 0.248. The highest BCUT2D eigenvalue weighted by atomic mass is 15.3. The molecule has 8 heteroatoms. The Balaban J connectivity index is 1.29. The normalized spacial score (nSPS) is 18.1. The van der Waals surface area contributed by atoms with Gasteiger partial charge in [-0.1, -0.05) is 0 Å². The Labute approximate surface area is 160 Å². The first-order valence-electron chi connectivity index (χ1n) is 9.92. The van der Waals surface area contributed by atoms with E-state index in [-0.39, 0.29) is 0 Å². The van der Waals surface area contributed by atoms with Gasteiger partial charge in [-0.05, 0) is 25.8 Å². The predicted octanol–water partition coefficient (Wildman–Crippen LogP) is 1.62. The molecule has 2 aromatic rings. The zero-order valence-corrected chi connectivity index (χ0v) is 16.0. The summed E-state index contributed by atoms with van der Waals surface area (Å²) in [5, 5.41) is 3.25. The van der Waals surface area contributed by atoms with Crippen molar-refractivity contribution in [2.75, 3.05) is 60.9 Å². The lowest BCUT2D eigenvalue weighted by atomic mass is 10.2. The molecule has 4 rings (SSSR count). The van der Waals surface area contributed by atoms with E-state index < -0.39 is 0 Å². The van der Waals surface area contributed by atoms with Crippen LogP contribution in [0.15, 0.2) is 24.7 Å². The summed E-state index contributed by atoms with van der Waals surface area (Å²) < 4.78 is 0. The lowest BCUT2D eigenvalue weighted by Gasteiger charge is -2.34. The van der Waals surface area contributed by atoms with Crippen LogP contribution in [0.3, 0.4) is 0 Å². The number of piperazine rings is 1. The molecule has 0 saturated carbocycles. The first-order valence-corrected chi connectivity index (χ1v) is 9.92. The third-order valence-electron chi connectivity index (χ3n) is 5.14. The zero-order valence-electron chi connectivity index (χ0n) is 16.0. The molecule has 0 aromatic carbocycles. The van der Waals surface area contributed by atoms with E-state index >= 15 is 0 Å². The van der Waals surface area contributed by atoms with E-state index in [1.807, 2.05) is 24.7 Å². The fraction of sp³-hybridized carbons (Fsp3) is 0.579. The maximum Gasteiger partial charge on any atom is 0.227 e. The van der Waals surface area contributed by atoms with Crippen LogP contribution in [0.5, 0.6) is 0 Å². The summed E-state index contributed by atoms with van der Waals surface area (Å²) in [4.78, 5) is 25.1. The summed E-state index contributed by atoms with van der Waals surface area (Å²) in [6.07, 6.45) is 8.28. The molecule has 8 nitrogen and oxygen atoms in total. The minimum absolute atomic E-state index is 0.811. The largest absolute Gasteiger partial charge is 0.370 e. The van der Waals surface area contributed by atoms with Crippen molar-refractivity contribution in [2.45, 2.75) is 26.3 Å². The zero-order chi connectivity index (χ0) is 18.5. The molecule has 1 N–H and O–H groups in total. The van der Waals surface area contributed by atoms with E-state index in [1.165, 1.54) is 18.4 Å². The molecule has 27 heavy (non-hydrogen) atoms. The number of hydrogen-bond donors (Lipinski definition) is 1. The van der Waals surface area contributed by atoms with Crippen LogP contribution in [-0.4, -0.2) is 70.6 Å². The van der Waals surface area contributed by atoms with Crippen LogP contribution in [0, 0.1) is 0 Å². The Morgan fingerprint density at radius 3 is 2.30 bits per heavy atom. The van der Waals surface area contributed by atoms with Gasteiger partial charge in [0.25, 0.3) is 0 Å². The molecular weight excluding hydrogens is 340 g/mol. The Morgan fingerprint density at radius 1 is 0.889 bits per heavy atom. The fourth-order valence-corrected chi connectivity index (χ4v) is 3.65. The second kappa shape index (κ2) is 8.47. The van der Waals surface area contributed by atoms with Crippen molar-refractivity contribution in [2.24, 2.45) is 0 Å². The van der Waals surface area contributed by atoms with Gasteiger partial charge in [0.1, 0.15) is 5.82 Å². The van der Waals surface area contributed by atoms with Gasteiger partial charge in [0.2, 0.25) is 11.9 Å². The number of nitrogens with one attached hydrogen (secondary N) is 1. The van der Waals surface area contributed by atoms with Gasteiger partial charge in [0.15, 0.2) is 0 Å². The Bertz CT molecular complexity index is 721. The van der Waals surface area contributed by atoms with Crippen molar-refractivity contribution < 1.29 is 0 Å². The van der Waals surface area contributed by atoms with Crippen molar-refractivity contribution in [3.05, 3.63) is 30.2 Å². The van der Waals surface area contributed by atoms with E-state index in [1.54, 1.807) is 0 Å². The second-order valence-corrected chi connectivity index (χ2v) is 7.12. The number of aromatic nitrogens is 4. The number of rotatable bonds is 6. The topological polar surface area (TPSA) is 73.3 Å². The standard InChI is InChI=1S/C19H28N8/c1-2-20-17-5-6-21-19(24-17)27-11-9-25(10-12-27)15-16-13-22-18(23-14-16)26-7-3-4-8-26/h5-6,13-14H,2-4,7-12,15H2,1H3,(H,20,21,24). The van der Waals surface area contributed by atoms with Crippen molar-refractivity contribution in [3.63, 3.8) is 0 Å². The molecule has 4 heterocycles. The van der Waals surface area contributed by atoms with E-state index in [2.05, 4.69) is 46.9 Å². The van der Waals surface area contributed by atoms with E-state index in [4.69, 9.17) is 0 Å². The van der Waals surface area contributed by atoms with Crippen molar-refractivity contribution >= 4 is 17.7 Å². The Hall–Kier alpha value is -2.48. The third-order valence-corrected chi connectivity index (χ3v) is 5.14. The molecule has 2 aliphatic rings. The van der Waals surface area contributed by atoms with Crippen molar-refractivity contribution in [1.82, 2.24) is 24.8 Å². The minimum Gasteiger partial charge on any atom is -0.370 e. The highest BCUT2D eigenvalue weighted by Gasteiger charge is 2.20. The van der Waals surface area contributed by atoms with Gasteiger partial charge in [0.05, 0.1) is 0 Å². The quantitative estimate of drug-likeness (QED) is 0.825. The van der Waals surface area contributed by atoms with Gasteiger partial charge in [-0.2, -0.15) is 4.98 Å². The minimum atomic E-state index is 0.811. The van der Waals surface area contributed by atoms with Gasteiger partial charge in [-0.25, -0.2) is 15.0 Å². The predicted molar refractivity (Wildman–Crippen MR) is 107 cm³/mol. The summed E-state index contributed by atoms with van der Waals surface area (Å²) in [6, 6.07) is 1.91. The first kappa shape index (κ1) is 17.9. The molecule has 2 aromatic heterocycles. The van der Waals surface area contributed by atoms with Crippen LogP contribution in [0.2, 0.25) is 0 Å². The lowest BCUT2D eigenvalue weighted by Crippen LogP contribution is -2.46. The molecule has 0 atom stereocenters. The van der Waals surface area contributed by atoms with Gasteiger partial charge < -0.3 is 15.1 Å². The van der Waals surface area contributed by atoms with Crippen LogP contribution >= 0.6 is 0 Å². The van der Waals surface area contributed by atoms with Gasteiger partial charge >= 0.3 is 0 Å². The summed E-state index contributed by atoms with van der Waals surface area (Å²) in [6.45, 7) is 9.84. The van der Waals surface area contributed by atoms with Crippen LogP contribution in [0.25, 0.3) is 0 Å². The highest BCUT2D eigenvalue weighted by Crippen LogP contribution is 2.17. The Kier molecular flexibility index (Phi) is 5.62. The molecule has 0 spiro atoms. The molecule has 2 fully saturated rings. The van der Waals surface area contributed by atoms with Crippen LogP contribution in [-0.2, 0) is 6.54 Å². The summed E-state index contributed by atoms with van der Waals surface area (Å²) in [5.74, 6) is 2.57. The first-order chi connectivity index (χ1) is 13.3. The smallest absolute Gasteiger partial charge is 0.227 e. The molecule has 144 valence electrons. The Morgan fingerprint density at radius 2 is 1.59 bits per heavy atom. The van der Waals surface area contributed by atoms with E-state index in [0.29, 0.717) is 0 Å². The molecule has 0 amide bonds.